The Morgan fingerprint density at radius 2 is 1.95 bits per heavy atom. The van der Waals surface area contributed by atoms with Crippen molar-refractivity contribution in [1.82, 2.24) is 10.3 Å². The first-order valence-corrected chi connectivity index (χ1v) is 8.38. The first-order valence-electron chi connectivity index (χ1n) is 7.40. The molecule has 1 heterocycles. The van der Waals surface area contributed by atoms with Crippen LogP contribution >= 0.6 is 11.8 Å². The molecule has 1 atom stereocenters. The van der Waals surface area contributed by atoms with Gasteiger partial charge in [0.1, 0.15) is 5.82 Å². The summed E-state index contributed by atoms with van der Waals surface area (Å²) in [4.78, 5) is 5.49. The Kier molecular flexibility index (Phi) is 6.08. The van der Waals surface area contributed by atoms with Crippen molar-refractivity contribution in [3.63, 3.8) is 0 Å². The molecule has 0 radical (unpaired) electrons. The number of nitrogens with one attached hydrogen (secondary N) is 1. The number of likely N-dealkylation sites (N-methyl/N-ethyl adjacent to an activating group) is 1. The van der Waals surface area contributed by atoms with Crippen molar-refractivity contribution in [1.29, 1.82) is 0 Å². The summed E-state index contributed by atoms with van der Waals surface area (Å²) in [6, 6.07) is 13.1. The van der Waals surface area contributed by atoms with Crippen molar-refractivity contribution >= 4 is 17.6 Å². The number of pyridine rings is 1. The fraction of sp³-hybridized carbons (Fsp3) is 0.353. The Morgan fingerprint density at radius 1 is 1.19 bits per heavy atom. The second kappa shape index (κ2) is 8.05. The molecule has 1 aromatic heterocycles. The van der Waals surface area contributed by atoms with E-state index in [0.29, 0.717) is 5.82 Å². The van der Waals surface area contributed by atoms with Crippen molar-refractivity contribution in [2.75, 3.05) is 18.0 Å². The number of hydrogen-bond acceptors (Lipinski definition) is 4. The number of anilines is 1. The number of nitrogens with two attached hydrogens (primary N) is 1. The van der Waals surface area contributed by atoms with Gasteiger partial charge in [-0.25, -0.2) is 4.98 Å². The van der Waals surface area contributed by atoms with Gasteiger partial charge >= 0.3 is 0 Å². The van der Waals surface area contributed by atoms with Crippen molar-refractivity contribution in [3.8, 4) is 0 Å². The van der Waals surface area contributed by atoms with Crippen LogP contribution in [0.2, 0.25) is 0 Å². The molecule has 0 aliphatic rings. The maximum absolute atomic E-state index is 5.96. The van der Waals surface area contributed by atoms with Crippen LogP contribution in [0.3, 0.4) is 0 Å². The van der Waals surface area contributed by atoms with E-state index in [-0.39, 0.29) is 6.04 Å². The molecule has 1 aromatic carbocycles. The van der Waals surface area contributed by atoms with Crippen molar-refractivity contribution in [2.24, 2.45) is 0 Å². The molecule has 0 aliphatic heterocycles. The van der Waals surface area contributed by atoms with Crippen LogP contribution in [0.1, 0.15) is 31.0 Å². The Morgan fingerprint density at radius 3 is 2.57 bits per heavy atom. The van der Waals surface area contributed by atoms with Crippen LogP contribution in [0.5, 0.6) is 0 Å². The third-order valence-electron chi connectivity index (χ3n) is 3.39. The topological polar surface area (TPSA) is 50.9 Å². The monoisotopic (exact) mass is 301 g/mol. The highest BCUT2D eigenvalue weighted by atomic mass is 32.2. The van der Waals surface area contributed by atoms with Gasteiger partial charge in [-0.05, 0) is 48.0 Å². The van der Waals surface area contributed by atoms with E-state index in [4.69, 9.17) is 5.73 Å². The molecule has 21 heavy (non-hydrogen) atoms. The molecule has 2 rings (SSSR count). The second-order valence-corrected chi connectivity index (χ2v) is 6.20. The summed E-state index contributed by atoms with van der Waals surface area (Å²) in [6.45, 7) is 5.22. The Labute approximate surface area is 131 Å². The van der Waals surface area contributed by atoms with Gasteiger partial charge in [0.15, 0.2) is 0 Å². The zero-order valence-electron chi connectivity index (χ0n) is 12.7. The van der Waals surface area contributed by atoms with Crippen LogP contribution in [0.15, 0.2) is 47.5 Å². The number of nitrogen functional groups attached to an aromatic ring is 1. The highest BCUT2D eigenvalue weighted by Crippen LogP contribution is 2.24. The molecule has 0 fully saturated rings. The van der Waals surface area contributed by atoms with E-state index in [1.807, 2.05) is 23.9 Å². The van der Waals surface area contributed by atoms with Crippen LogP contribution in [-0.2, 0) is 6.42 Å². The number of thioether (sulfide) groups is 1. The van der Waals surface area contributed by atoms with Gasteiger partial charge in [0.2, 0.25) is 0 Å². The highest BCUT2D eigenvalue weighted by Gasteiger charge is 2.13. The fourth-order valence-corrected chi connectivity index (χ4v) is 3.02. The van der Waals surface area contributed by atoms with E-state index in [0.717, 1.165) is 24.3 Å². The molecule has 0 bridgehead atoms. The van der Waals surface area contributed by atoms with Gasteiger partial charge in [0.05, 0.1) is 0 Å². The maximum atomic E-state index is 5.96. The van der Waals surface area contributed by atoms with E-state index in [9.17, 15) is 0 Å². The maximum Gasteiger partial charge on any atom is 0.126 e. The number of aromatic nitrogens is 1. The molecule has 4 heteroatoms. The Hall–Kier alpha value is -1.52. The normalized spacial score (nSPS) is 12.3. The van der Waals surface area contributed by atoms with Crippen molar-refractivity contribution in [3.05, 3.63) is 53.7 Å². The number of nitrogens with zero attached hydrogens (tertiary/aromatic N) is 1. The molecular formula is C17H23N3S. The van der Waals surface area contributed by atoms with Gasteiger partial charge in [-0.15, -0.1) is 11.8 Å². The summed E-state index contributed by atoms with van der Waals surface area (Å²) >= 11 is 1.87. The fourth-order valence-electron chi connectivity index (χ4n) is 2.36. The van der Waals surface area contributed by atoms with Crippen LogP contribution < -0.4 is 11.1 Å². The van der Waals surface area contributed by atoms with Gasteiger partial charge in [-0.3, -0.25) is 0 Å². The summed E-state index contributed by atoms with van der Waals surface area (Å²) in [5.74, 6) is 1.72. The third kappa shape index (κ3) is 4.48. The predicted octanol–water partition coefficient (Wildman–Crippen LogP) is 3.67. The molecule has 0 aliphatic carbocycles. The lowest BCUT2D eigenvalue weighted by atomic mass is 9.99. The van der Waals surface area contributed by atoms with Gasteiger partial charge in [0.25, 0.3) is 0 Å². The number of hydrogen-bond donors (Lipinski definition) is 2. The second-order valence-electron chi connectivity index (χ2n) is 4.86. The SMILES string of the molecule is CCNC(Cc1cccnc1N)c1ccc(SCC)cc1. The first-order chi connectivity index (χ1) is 10.2. The number of benzene rings is 1. The summed E-state index contributed by atoms with van der Waals surface area (Å²) in [5, 5.41) is 3.54. The van der Waals surface area contributed by atoms with E-state index in [2.05, 4.69) is 48.4 Å². The largest absolute Gasteiger partial charge is 0.383 e. The van der Waals surface area contributed by atoms with Crippen molar-refractivity contribution < 1.29 is 0 Å². The molecule has 0 saturated carbocycles. The third-order valence-corrected chi connectivity index (χ3v) is 4.29. The molecule has 2 aromatic rings. The molecule has 3 nitrogen and oxygen atoms in total. The lowest BCUT2D eigenvalue weighted by molar-refractivity contribution is 0.549. The van der Waals surface area contributed by atoms with E-state index >= 15 is 0 Å². The summed E-state index contributed by atoms with van der Waals surface area (Å²) in [5.41, 5.74) is 8.35. The molecule has 3 N–H and O–H groups in total. The molecule has 112 valence electrons. The zero-order valence-corrected chi connectivity index (χ0v) is 13.5. The predicted molar refractivity (Wildman–Crippen MR) is 91.6 cm³/mol. The van der Waals surface area contributed by atoms with Gasteiger partial charge in [-0.2, -0.15) is 0 Å². The standard InChI is InChI=1S/C17H23N3S/c1-3-19-16(12-14-6-5-11-20-17(14)18)13-7-9-15(10-8-13)21-4-2/h5-11,16,19H,3-4,12H2,1-2H3,(H2,18,20). The Bertz CT molecular complexity index is 554. The summed E-state index contributed by atoms with van der Waals surface area (Å²) < 4.78 is 0. The van der Waals surface area contributed by atoms with Crippen molar-refractivity contribution in [2.45, 2.75) is 31.2 Å². The zero-order chi connectivity index (χ0) is 15.1. The van der Waals surface area contributed by atoms with E-state index in [1.54, 1.807) is 6.20 Å². The first kappa shape index (κ1) is 15.9. The molecule has 0 amide bonds. The summed E-state index contributed by atoms with van der Waals surface area (Å²) in [6.07, 6.45) is 2.59. The van der Waals surface area contributed by atoms with Crippen LogP contribution in [0.25, 0.3) is 0 Å². The minimum absolute atomic E-state index is 0.266. The van der Waals surface area contributed by atoms with Crippen LogP contribution in [0, 0.1) is 0 Å². The average Bonchev–Trinajstić information content (AvgIpc) is 2.50. The highest BCUT2D eigenvalue weighted by molar-refractivity contribution is 7.99. The molecular weight excluding hydrogens is 278 g/mol. The smallest absolute Gasteiger partial charge is 0.126 e. The van der Waals surface area contributed by atoms with Gasteiger partial charge in [-0.1, -0.05) is 32.0 Å². The average molecular weight is 301 g/mol. The summed E-state index contributed by atoms with van der Waals surface area (Å²) in [7, 11) is 0. The lowest BCUT2D eigenvalue weighted by Crippen LogP contribution is -2.23. The molecule has 0 saturated heterocycles. The minimum Gasteiger partial charge on any atom is -0.383 e. The quantitative estimate of drug-likeness (QED) is 0.766. The lowest BCUT2D eigenvalue weighted by Gasteiger charge is -2.19. The molecule has 1 unspecified atom stereocenters. The Balaban J connectivity index is 2.16. The van der Waals surface area contributed by atoms with Gasteiger partial charge < -0.3 is 11.1 Å². The minimum atomic E-state index is 0.266. The van der Waals surface area contributed by atoms with Crippen LogP contribution in [-0.4, -0.2) is 17.3 Å². The van der Waals surface area contributed by atoms with Crippen LogP contribution in [0.4, 0.5) is 5.82 Å². The molecule has 0 spiro atoms. The number of rotatable bonds is 7. The van der Waals surface area contributed by atoms with E-state index in [1.165, 1.54) is 10.5 Å². The van der Waals surface area contributed by atoms with E-state index < -0.39 is 0 Å². The van der Waals surface area contributed by atoms with Gasteiger partial charge in [0, 0.05) is 17.1 Å².